The van der Waals surface area contributed by atoms with Crippen molar-refractivity contribution in [2.45, 2.75) is 45.6 Å². The molecule has 4 nitrogen and oxygen atoms in total. The van der Waals surface area contributed by atoms with Gasteiger partial charge in [-0.1, -0.05) is 22.0 Å². The fraction of sp³-hybridized carbons (Fsp3) is 0.556. The van der Waals surface area contributed by atoms with Gasteiger partial charge in [0.1, 0.15) is 11.4 Å². The highest BCUT2D eigenvalue weighted by Gasteiger charge is 2.38. The van der Waals surface area contributed by atoms with Gasteiger partial charge in [-0.15, -0.1) is 0 Å². The first-order chi connectivity index (χ1) is 11.2. The number of rotatable bonds is 2. The van der Waals surface area contributed by atoms with Crippen LogP contribution in [0.5, 0.6) is 0 Å². The van der Waals surface area contributed by atoms with Gasteiger partial charge in [0.25, 0.3) is 0 Å². The third-order valence-corrected chi connectivity index (χ3v) is 4.93. The number of carbonyl (C=O) groups is 1. The number of nitriles is 1. The van der Waals surface area contributed by atoms with Crippen molar-refractivity contribution < 1.29 is 13.9 Å². The van der Waals surface area contributed by atoms with E-state index in [1.54, 1.807) is 17.0 Å². The fourth-order valence-corrected chi connectivity index (χ4v) is 3.29. The van der Waals surface area contributed by atoms with E-state index in [1.165, 1.54) is 6.07 Å². The molecule has 1 heterocycles. The Labute approximate surface area is 150 Å². The van der Waals surface area contributed by atoms with Gasteiger partial charge in [-0.05, 0) is 52.2 Å². The van der Waals surface area contributed by atoms with Gasteiger partial charge in [0.05, 0.1) is 11.5 Å². The van der Waals surface area contributed by atoms with Crippen LogP contribution in [0.25, 0.3) is 0 Å². The van der Waals surface area contributed by atoms with Gasteiger partial charge in [0.2, 0.25) is 0 Å². The normalized spacial score (nSPS) is 17.2. The highest BCUT2D eigenvalue weighted by Crippen LogP contribution is 2.37. The molecular formula is C18H22BrFN2O2. The van der Waals surface area contributed by atoms with E-state index < -0.39 is 11.0 Å². The Morgan fingerprint density at radius 1 is 1.42 bits per heavy atom. The van der Waals surface area contributed by atoms with Gasteiger partial charge in [0.15, 0.2) is 0 Å². The Hall–Kier alpha value is -1.61. The topological polar surface area (TPSA) is 53.3 Å². The number of ether oxygens (including phenoxy) is 1. The molecule has 1 fully saturated rings. The summed E-state index contributed by atoms with van der Waals surface area (Å²) in [6.45, 7) is 6.35. The average molecular weight is 397 g/mol. The predicted molar refractivity (Wildman–Crippen MR) is 92.9 cm³/mol. The van der Waals surface area contributed by atoms with Crippen LogP contribution < -0.4 is 0 Å². The van der Waals surface area contributed by atoms with Crippen molar-refractivity contribution in [2.24, 2.45) is 5.41 Å². The minimum Gasteiger partial charge on any atom is -0.444 e. The van der Waals surface area contributed by atoms with Crippen LogP contribution in [0.4, 0.5) is 9.18 Å². The van der Waals surface area contributed by atoms with Gasteiger partial charge in [-0.2, -0.15) is 5.26 Å². The largest absolute Gasteiger partial charge is 0.444 e. The first kappa shape index (κ1) is 18.7. The van der Waals surface area contributed by atoms with Crippen LogP contribution in [0.3, 0.4) is 0 Å². The van der Waals surface area contributed by atoms with Crippen LogP contribution in [0, 0.1) is 22.6 Å². The lowest BCUT2D eigenvalue weighted by molar-refractivity contribution is 0.0148. The van der Waals surface area contributed by atoms with Crippen molar-refractivity contribution in [1.29, 1.82) is 5.26 Å². The number of amides is 1. The summed E-state index contributed by atoms with van der Waals surface area (Å²) >= 11 is 3.36. The third-order valence-electron chi connectivity index (χ3n) is 4.19. The first-order valence-electron chi connectivity index (χ1n) is 7.98. The highest BCUT2D eigenvalue weighted by atomic mass is 79.9. The summed E-state index contributed by atoms with van der Waals surface area (Å²) in [5.74, 6) is -0.312. The molecule has 6 heteroatoms. The molecule has 130 valence electrons. The number of hydrogen-bond donors (Lipinski definition) is 0. The van der Waals surface area contributed by atoms with Crippen LogP contribution in [-0.2, 0) is 11.2 Å². The van der Waals surface area contributed by atoms with E-state index in [0.717, 1.165) is 0 Å². The number of likely N-dealkylation sites (tertiary alicyclic amines) is 1. The van der Waals surface area contributed by atoms with Crippen molar-refractivity contribution in [1.82, 2.24) is 4.90 Å². The van der Waals surface area contributed by atoms with Gasteiger partial charge >= 0.3 is 6.09 Å². The van der Waals surface area contributed by atoms with E-state index in [1.807, 2.05) is 20.8 Å². The highest BCUT2D eigenvalue weighted by molar-refractivity contribution is 9.10. The number of halogens is 2. The van der Waals surface area contributed by atoms with E-state index in [2.05, 4.69) is 22.0 Å². The molecule has 0 unspecified atom stereocenters. The standard InChI is InChI=1S/C18H22BrFN2O2/c1-17(2,3)24-16(23)22-9-7-18(12-21,8-10-22)11-13-14(19)5-4-6-15(13)20/h4-6H,7-11H2,1-3H3. The van der Waals surface area contributed by atoms with Crippen LogP contribution in [0.1, 0.15) is 39.2 Å². The molecule has 0 atom stereocenters. The second-order valence-electron chi connectivity index (χ2n) is 7.24. The number of nitrogens with zero attached hydrogens (tertiary/aromatic N) is 2. The lowest BCUT2D eigenvalue weighted by atomic mass is 9.75. The van der Waals surface area contributed by atoms with Crippen molar-refractivity contribution >= 4 is 22.0 Å². The maximum absolute atomic E-state index is 14.1. The van der Waals surface area contributed by atoms with Crippen molar-refractivity contribution in [2.75, 3.05) is 13.1 Å². The second kappa shape index (κ2) is 7.10. The summed E-state index contributed by atoms with van der Waals surface area (Å²) in [6.07, 6.45) is 0.979. The first-order valence-corrected chi connectivity index (χ1v) is 8.77. The van der Waals surface area contributed by atoms with Crippen LogP contribution in [-0.4, -0.2) is 29.7 Å². The van der Waals surface area contributed by atoms with Gasteiger partial charge in [-0.3, -0.25) is 0 Å². The van der Waals surface area contributed by atoms with Crippen LogP contribution in [0.2, 0.25) is 0 Å². The SMILES string of the molecule is CC(C)(C)OC(=O)N1CCC(C#N)(Cc2c(F)cccc2Br)CC1. The number of carbonyl (C=O) groups excluding carboxylic acids is 1. The molecule has 1 aromatic rings. The summed E-state index contributed by atoms with van der Waals surface area (Å²) in [5, 5.41) is 9.67. The minimum absolute atomic E-state index is 0.312. The predicted octanol–water partition coefficient (Wildman–Crippen LogP) is 4.67. The molecule has 0 aliphatic carbocycles. The Bertz CT molecular complexity index is 636. The van der Waals surface area contributed by atoms with Crippen LogP contribution in [0.15, 0.2) is 22.7 Å². The maximum Gasteiger partial charge on any atom is 0.410 e. The summed E-state index contributed by atoms with van der Waals surface area (Å²) in [7, 11) is 0. The van der Waals surface area contributed by atoms with E-state index in [-0.39, 0.29) is 11.9 Å². The molecule has 2 rings (SSSR count). The fourth-order valence-electron chi connectivity index (χ4n) is 2.81. The summed E-state index contributed by atoms with van der Waals surface area (Å²) in [4.78, 5) is 13.8. The summed E-state index contributed by atoms with van der Waals surface area (Å²) < 4.78 is 20.1. The molecular weight excluding hydrogens is 375 g/mol. The number of benzene rings is 1. The number of piperidine rings is 1. The molecule has 1 aromatic carbocycles. The zero-order valence-electron chi connectivity index (χ0n) is 14.2. The Morgan fingerprint density at radius 3 is 2.54 bits per heavy atom. The summed E-state index contributed by atoms with van der Waals surface area (Å²) in [5.41, 5.74) is -0.688. The average Bonchev–Trinajstić information content (AvgIpc) is 2.50. The van der Waals surface area contributed by atoms with Crippen LogP contribution >= 0.6 is 15.9 Å². The molecule has 0 bridgehead atoms. The Morgan fingerprint density at radius 2 is 2.04 bits per heavy atom. The monoisotopic (exact) mass is 396 g/mol. The van der Waals surface area contributed by atoms with E-state index in [9.17, 15) is 14.4 Å². The van der Waals surface area contributed by atoms with Gasteiger partial charge < -0.3 is 9.64 Å². The molecule has 0 radical (unpaired) electrons. The van der Waals surface area contributed by atoms with E-state index >= 15 is 0 Å². The molecule has 1 aliphatic heterocycles. The molecule has 0 saturated carbocycles. The molecule has 0 N–H and O–H groups in total. The second-order valence-corrected chi connectivity index (χ2v) is 8.09. The van der Waals surface area contributed by atoms with E-state index in [0.29, 0.717) is 42.4 Å². The van der Waals surface area contributed by atoms with Crippen molar-refractivity contribution in [3.8, 4) is 6.07 Å². The molecule has 1 aliphatic rings. The quantitative estimate of drug-likeness (QED) is 0.729. The summed E-state index contributed by atoms with van der Waals surface area (Å²) in [6, 6.07) is 7.17. The smallest absolute Gasteiger partial charge is 0.410 e. The molecule has 1 saturated heterocycles. The van der Waals surface area contributed by atoms with Gasteiger partial charge in [-0.25, -0.2) is 9.18 Å². The molecule has 1 amide bonds. The lowest BCUT2D eigenvalue weighted by Crippen LogP contribution is -2.45. The van der Waals surface area contributed by atoms with Crippen molar-refractivity contribution in [3.05, 3.63) is 34.1 Å². The minimum atomic E-state index is -0.663. The third kappa shape index (κ3) is 4.47. The van der Waals surface area contributed by atoms with Crippen molar-refractivity contribution in [3.63, 3.8) is 0 Å². The number of hydrogen-bond acceptors (Lipinski definition) is 3. The Kier molecular flexibility index (Phi) is 5.54. The Balaban J connectivity index is 2.07. The molecule has 0 aromatic heterocycles. The molecule has 0 spiro atoms. The maximum atomic E-state index is 14.1. The zero-order valence-corrected chi connectivity index (χ0v) is 15.8. The molecule has 24 heavy (non-hydrogen) atoms. The lowest BCUT2D eigenvalue weighted by Gasteiger charge is -2.38. The zero-order chi connectivity index (χ0) is 18.0. The van der Waals surface area contributed by atoms with Gasteiger partial charge in [0, 0.05) is 23.1 Å². The van der Waals surface area contributed by atoms with E-state index in [4.69, 9.17) is 4.74 Å².